The van der Waals surface area contributed by atoms with Gasteiger partial charge < -0.3 is 9.88 Å². The van der Waals surface area contributed by atoms with Crippen LogP contribution in [0.1, 0.15) is 10.5 Å². The molecule has 118 valence electrons. The second kappa shape index (κ2) is 6.95. The van der Waals surface area contributed by atoms with Crippen molar-refractivity contribution in [1.82, 2.24) is 14.6 Å². The number of carbonyl (C=O) groups excluding carboxylic acids is 1. The standard InChI is InChI=1S/C14H16ClN3O3S/c1-18-9-3-6-13(18)14(19)16-7-8-17-22(20,21)12-5-2-4-11(15)10-12/h2-6,9-10,17H,7-8H2,1H3,(H,16,19). The molecule has 0 atom stereocenters. The zero-order valence-corrected chi connectivity index (χ0v) is 13.5. The highest BCUT2D eigenvalue weighted by molar-refractivity contribution is 7.89. The van der Waals surface area contributed by atoms with E-state index in [1.165, 1.54) is 12.1 Å². The summed E-state index contributed by atoms with van der Waals surface area (Å²) in [6.45, 7) is 0.273. The van der Waals surface area contributed by atoms with Crippen LogP contribution in [0, 0.1) is 0 Å². The molecule has 1 aromatic heterocycles. The molecule has 2 N–H and O–H groups in total. The van der Waals surface area contributed by atoms with E-state index in [-0.39, 0.29) is 23.9 Å². The SMILES string of the molecule is Cn1cccc1C(=O)NCCNS(=O)(=O)c1cccc(Cl)c1. The van der Waals surface area contributed by atoms with E-state index >= 15 is 0 Å². The van der Waals surface area contributed by atoms with Gasteiger partial charge in [-0.15, -0.1) is 0 Å². The zero-order valence-electron chi connectivity index (χ0n) is 11.9. The summed E-state index contributed by atoms with van der Waals surface area (Å²) in [5.74, 6) is -0.255. The van der Waals surface area contributed by atoms with Crippen LogP contribution in [0.5, 0.6) is 0 Å². The van der Waals surface area contributed by atoms with Gasteiger partial charge in [-0.1, -0.05) is 17.7 Å². The summed E-state index contributed by atoms with van der Waals surface area (Å²) in [5.41, 5.74) is 0.512. The monoisotopic (exact) mass is 341 g/mol. The molecular weight excluding hydrogens is 326 g/mol. The number of amides is 1. The van der Waals surface area contributed by atoms with Gasteiger partial charge in [0.1, 0.15) is 5.69 Å². The molecule has 6 nitrogen and oxygen atoms in total. The molecule has 2 aromatic rings. The Morgan fingerprint density at radius 2 is 2.00 bits per heavy atom. The highest BCUT2D eigenvalue weighted by atomic mass is 35.5. The maximum atomic E-state index is 12.0. The van der Waals surface area contributed by atoms with Crippen LogP contribution < -0.4 is 10.0 Å². The predicted molar refractivity (Wildman–Crippen MR) is 84.4 cm³/mol. The van der Waals surface area contributed by atoms with Gasteiger partial charge in [0, 0.05) is 31.4 Å². The van der Waals surface area contributed by atoms with Crippen molar-refractivity contribution >= 4 is 27.5 Å². The summed E-state index contributed by atoms with van der Waals surface area (Å²) in [7, 11) is -1.87. The third-order valence-electron chi connectivity index (χ3n) is 2.99. The molecule has 0 unspecified atom stereocenters. The number of halogens is 1. The fraction of sp³-hybridized carbons (Fsp3) is 0.214. The molecule has 0 bridgehead atoms. The molecule has 0 aliphatic heterocycles. The normalized spacial score (nSPS) is 11.4. The van der Waals surface area contributed by atoms with E-state index in [4.69, 9.17) is 11.6 Å². The molecule has 1 amide bonds. The number of carbonyl (C=O) groups is 1. The molecule has 0 fully saturated rings. The van der Waals surface area contributed by atoms with Crippen molar-refractivity contribution in [3.63, 3.8) is 0 Å². The van der Waals surface area contributed by atoms with E-state index in [9.17, 15) is 13.2 Å². The summed E-state index contributed by atoms with van der Waals surface area (Å²) < 4.78 is 28.1. The topological polar surface area (TPSA) is 80.2 Å². The molecule has 0 radical (unpaired) electrons. The lowest BCUT2D eigenvalue weighted by Crippen LogP contribution is -2.35. The van der Waals surface area contributed by atoms with Crippen molar-refractivity contribution in [3.05, 3.63) is 53.3 Å². The first-order valence-corrected chi connectivity index (χ1v) is 8.41. The maximum absolute atomic E-state index is 12.0. The average molecular weight is 342 g/mol. The molecule has 0 spiro atoms. The largest absolute Gasteiger partial charge is 0.349 e. The van der Waals surface area contributed by atoms with E-state index in [1.807, 2.05) is 0 Å². The smallest absolute Gasteiger partial charge is 0.267 e. The average Bonchev–Trinajstić information content (AvgIpc) is 2.90. The molecule has 2 rings (SSSR count). The molecule has 0 saturated heterocycles. The summed E-state index contributed by atoms with van der Waals surface area (Å²) in [6, 6.07) is 9.43. The van der Waals surface area contributed by atoms with Crippen molar-refractivity contribution < 1.29 is 13.2 Å². The number of aromatic nitrogens is 1. The van der Waals surface area contributed by atoms with Crippen molar-refractivity contribution in [2.24, 2.45) is 7.05 Å². The molecule has 0 aliphatic rings. The van der Waals surface area contributed by atoms with Crippen molar-refractivity contribution in [2.75, 3.05) is 13.1 Å². The van der Waals surface area contributed by atoms with E-state index in [2.05, 4.69) is 10.0 Å². The lowest BCUT2D eigenvalue weighted by molar-refractivity contribution is 0.0946. The summed E-state index contributed by atoms with van der Waals surface area (Å²) in [4.78, 5) is 11.9. The molecule has 0 aliphatic carbocycles. The Balaban J connectivity index is 1.86. The number of aryl methyl sites for hydroxylation is 1. The van der Waals surface area contributed by atoms with Crippen LogP contribution in [0.3, 0.4) is 0 Å². The lowest BCUT2D eigenvalue weighted by atomic mass is 10.4. The molecule has 8 heteroatoms. The van der Waals surface area contributed by atoms with Gasteiger partial charge in [0.05, 0.1) is 4.90 Å². The second-order valence-electron chi connectivity index (χ2n) is 4.62. The van der Waals surface area contributed by atoms with Gasteiger partial charge in [-0.3, -0.25) is 4.79 Å². The fourth-order valence-corrected chi connectivity index (χ4v) is 3.20. The number of rotatable bonds is 6. The van der Waals surface area contributed by atoms with Gasteiger partial charge in [-0.25, -0.2) is 13.1 Å². The van der Waals surface area contributed by atoms with Crippen LogP contribution in [0.4, 0.5) is 0 Å². The molecule has 1 aromatic carbocycles. The first kappa shape index (κ1) is 16.5. The van der Waals surface area contributed by atoms with Gasteiger partial charge in [-0.05, 0) is 30.3 Å². The van der Waals surface area contributed by atoms with Crippen LogP contribution >= 0.6 is 11.6 Å². The quantitative estimate of drug-likeness (QED) is 0.779. The van der Waals surface area contributed by atoms with E-state index in [0.717, 1.165) is 0 Å². The summed E-state index contributed by atoms with van der Waals surface area (Å²) in [6.07, 6.45) is 1.76. The van der Waals surface area contributed by atoms with Gasteiger partial charge in [0.25, 0.3) is 5.91 Å². The minimum absolute atomic E-state index is 0.0883. The number of sulfonamides is 1. The first-order valence-electron chi connectivity index (χ1n) is 6.55. The Bertz CT molecular complexity index is 771. The Hall–Kier alpha value is -1.83. The van der Waals surface area contributed by atoms with E-state index in [0.29, 0.717) is 10.7 Å². The van der Waals surface area contributed by atoms with Crippen LogP contribution in [-0.4, -0.2) is 32.0 Å². The second-order valence-corrected chi connectivity index (χ2v) is 6.82. The highest BCUT2D eigenvalue weighted by Gasteiger charge is 2.14. The van der Waals surface area contributed by atoms with Gasteiger partial charge in [-0.2, -0.15) is 0 Å². The lowest BCUT2D eigenvalue weighted by Gasteiger charge is -2.08. The zero-order chi connectivity index (χ0) is 16.2. The summed E-state index contributed by atoms with van der Waals surface area (Å²) >= 11 is 5.77. The van der Waals surface area contributed by atoms with Crippen LogP contribution in [0.15, 0.2) is 47.5 Å². The maximum Gasteiger partial charge on any atom is 0.267 e. The van der Waals surface area contributed by atoms with Crippen molar-refractivity contribution in [1.29, 1.82) is 0 Å². The number of nitrogens with zero attached hydrogens (tertiary/aromatic N) is 1. The third kappa shape index (κ3) is 4.09. The van der Waals surface area contributed by atoms with E-state index in [1.54, 1.807) is 42.1 Å². The third-order valence-corrected chi connectivity index (χ3v) is 4.68. The minimum Gasteiger partial charge on any atom is -0.349 e. The fourth-order valence-electron chi connectivity index (χ4n) is 1.87. The molecule has 22 heavy (non-hydrogen) atoms. The summed E-state index contributed by atoms with van der Waals surface area (Å²) in [5, 5.41) is 3.00. The molecule has 0 saturated carbocycles. The van der Waals surface area contributed by atoms with E-state index < -0.39 is 10.0 Å². The van der Waals surface area contributed by atoms with Gasteiger partial charge in [0.15, 0.2) is 0 Å². The Morgan fingerprint density at radius 3 is 2.64 bits per heavy atom. The van der Waals surface area contributed by atoms with Crippen LogP contribution in [0.2, 0.25) is 5.02 Å². The predicted octanol–water partition coefficient (Wildman–Crippen LogP) is 1.39. The van der Waals surface area contributed by atoms with Gasteiger partial charge >= 0.3 is 0 Å². The van der Waals surface area contributed by atoms with Crippen LogP contribution in [-0.2, 0) is 17.1 Å². The van der Waals surface area contributed by atoms with Gasteiger partial charge in [0.2, 0.25) is 10.0 Å². The Kier molecular flexibility index (Phi) is 5.23. The molecule has 1 heterocycles. The van der Waals surface area contributed by atoms with Crippen molar-refractivity contribution in [3.8, 4) is 0 Å². The number of hydrogen-bond acceptors (Lipinski definition) is 3. The number of nitrogens with one attached hydrogen (secondary N) is 2. The number of hydrogen-bond donors (Lipinski definition) is 2. The van der Waals surface area contributed by atoms with Crippen molar-refractivity contribution in [2.45, 2.75) is 4.90 Å². The first-order chi connectivity index (χ1) is 10.4. The highest BCUT2D eigenvalue weighted by Crippen LogP contribution is 2.14. The minimum atomic E-state index is -3.63. The number of benzene rings is 1. The Morgan fingerprint density at radius 1 is 1.23 bits per heavy atom. The van der Waals surface area contributed by atoms with Crippen LogP contribution in [0.25, 0.3) is 0 Å². The Labute approximate surface area is 134 Å². The molecular formula is C14H16ClN3O3S.